The van der Waals surface area contributed by atoms with Crippen molar-refractivity contribution in [3.63, 3.8) is 0 Å². The summed E-state index contributed by atoms with van der Waals surface area (Å²) in [7, 11) is 0. The summed E-state index contributed by atoms with van der Waals surface area (Å²) in [6, 6.07) is 8.11. The van der Waals surface area contributed by atoms with Crippen LogP contribution in [0, 0.1) is 0 Å². The second kappa shape index (κ2) is 5.14. The Morgan fingerprint density at radius 3 is 2.78 bits per heavy atom. The van der Waals surface area contributed by atoms with Crippen molar-refractivity contribution in [3.05, 3.63) is 29.8 Å². The summed E-state index contributed by atoms with van der Waals surface area (Å²) in [6.07, 6.45) is 0. The molecule has 0 N–H and O–H groups in total. The first-order valence-electron chi connectivity index (χ1n) is 6.02. The lowest BCUT2D eigenvalue weighted by Gasteiger charge is -2.21. The van der Waals surface area contributed by atoms with Crippen molar-refractivity contribution in [1.29, 1.82) is 0 Å². The molecule has 2 rings (SSSR count). The van der Waals surface area contributed by atoms with Gasteiger partial charge in [-0.05, 0) is 32.4 Å². The van der Waals surface area contributed by atoms with E-state index in [9.17, 15) is 4.79 Å². The zero-order chi connectivity index (χ0) is 13.2. The molecule has 96 valence electrons. The van der Waals surface area contributed by atoms with E-state index in [1.165, 1.54) is 17.3 Å². The van der Waals surface area contributed by atoms with Gasteiger partial charge < -0.3 is 4.74 Å². The maximum Gasteiger partial charge on any atom is 0.316 e. The standard InChI is InChI=1S/C14H17NO2S/c1-4-17-12(16)9-18-13-14(2,3)10-7-5-6-8-11(10)15-13/h5-8H,4,9H2,1-3H3. The van der Waals surface area contributed by atoms with Crippen LogP contribution in [-0.2, 0) is 14.9 Å². The Hall–Kier alpha value is -1.29. The predicted molar refractivity (Wildman–Crippen MR) is 75.7 cm³/mol. The van der Waals surface area contributed by atoms with Gasteiger partial charge in [0.2, 0.25) is 0 Å². The number of thioether (sulfide) groups is 1. The van der Waals surface area contributed by atoms with E-state index in [1.54, 1.807) is 0 Å². The Kier molecular flexibility index (Phi) is 3.76. The molecule has 0 aromatic heterocycles. The van der Waals surface area contributed by atoms with E-state index >= 15 is 0 Å². The lowest BCUT2D eigenvalue weighted by Crippen LogP contribution is -2.24. The Morgan fingerprint density at radius 2 is 2.11 bits per heavy atom. The van der Waals surface area contributed by atoms with Crippen LogP contribution < -0.4 is 0 Å². The summed E-state index contributed by atoms with van der Waals surface area (Å²) < 4.78 is 4.93. The SMILES string of the molecule is CCOC(=O)CSC1=Nc2ccccc2C1(C)C. The second-order valence-electron chi connectivity index (χ2n) is 4.65. The van der Waals surface area contributed by atoms with Crippen molar-refractivity contribution >= 4 is 28.5 Å². The summed E-state index contributed by atoms with van der Waals surface area (Å²) in [5, 5.41) is 0.983. The largest absolute Gasteiger partial charge is 0.465 e. The Balaban J connectivity index is 2.10. The molecular weight excluding hydrogens is 246 g/mol. The van der Waals surface area contributed by atoms with E-state index in [4.69, 9.17) is 4.74 Å². The van der Waals surface area contributed by atoms with Crippen LogP contribution in [0.3, 0.4) is 0 Å². The number of fused-ring (bicyclic) bond motifs is 1. The molecule has 1 heterocycles. The van der Waals surface area contributed by atoms with Gasteiger partial charge in [-0.15, -0.1) is 0 Å². The summed E-state index contributed by atoms with van der Waals surface area (Å²) in [4.78, 5) is 16.0. The third kappa shape index (κ3) is 2.43. The number of esters is 1. The highest BCUT2D eigenvalue weighted by molar-refractivity contribution is 8.14. The van der Waals surface area contributed by atoms with E-state index < -0.39 is 0 Å². The fourth-order valence-corrected chi connectivity index (χ4v) is 2.98. The van der Waals surface area contributed by atoms with Gasteiger partial charge in [-0.1, -0.05) is 30.0 Å². The molecule has 0 unspecified atom stereocenters. The highest BCUT2D eigenvalue weighted by Gasteiger charge is 2.35. The van der Waals surface area contributed by atoms with Gasteiger partial charge in [0.15, 0.2) is 0 Å². The van der Waals surface area contributed by atoms with Crippen molar-refractivity contribution in [2.75, 3.05) is 12.4 Å². The Bertz CT molecular complexity index is 494. The van der Waals surface area contributed by atoms with Crippen LogP contribution in [-0.4, -0.2) is 23.4 Å². The molecule has 0 radical (unpaired) electrons. The van der Waals surface area contributed by atoms with Crippen LogP contribution in [0.2, 0.25) is 0 Å². The molecule has 1 aliphatic heterocycles. The number of carbonyl (C=O) groups excluding carboxylic acids is 1. The van der Waals surface area contributed by atoms with Crippen LogP contribution >= 0.6 is 11.8 Å². The van der Waals surface area contributed by atoms with Gasteiger partial charge in [0.05, 0.1) is 23.1 Å². The molecule has 18 heavy (non-hydrogen) atoms. The quantitative estimate of drug-likeness (QED) is 0.785. The molecule has 0 saturated heterocycles. The zero-order valence-corrected chi connectivity index (χ0v) is 11.7. The average Bonchev–Trinajstić information content (AvgIpc) is 2.59. The van der Waals surface area contributed by atoms with Crippen molar-refractivity contribution in [2.45, 2.75) is 26.2 Å². The number of benzene rings is 1. The number of hydrogen-bond acceptors (Lipinski definition) is 4. The smallest absolute Gasteiger partial charge is 0.316 e. The predicted octanol–water partition coefficient (Wildman–Crippen LogP) is 3.30. The third-order valence-electron chi connectivity index (χ3n) is 2.97. The normalized spacial score (nSPS) is 16.1. The zero-order valence-electron chi connectivity index (χ0n) is 10.9. The number of hydrogen-bond donors (Lipinski definition) is 0. The van der Waals surface area contributed by atoms with Gasteiger partial charge in [-0.2, -0.15) is 0 Å². The van der Waals surface area contributed by atoms with Crippen molar-refractivity contribution in [1.82, 2.24) is 0 Å². The monoisotopic (exact) mass is 263 g/mol. The number of aliphatic imine (C=N–C) groups is 1. The first-order valence-corrected chi connectivity index (χ1v) is 7.01. The third-order valence-corrected chi connectivity index (χ3v) is 4.22. The van der Waals surface area contributed by atoms with Gasteiger partial charge in [0, 0.05) is 5.41 Å². The van der Waals surface area contributed by atoms with Gasteiger partial charge in [-0.25, -0.2) is 4.99 Å². The number of para-hydroxylation sites is 1. The summed E-state index contributed by atoms with van der Waals surface area (Å²) in [5.74, 6) is 0.140. The fourth-order valence-electron chi connectivity index (χ4n) is 2.01. The van der Waals surface area contributed by atoms with E-state index in [1.807, 2.05) is 25.1 Å². The van der Waals surface area contributed by atoms with E-state index in [2.05, 4.69) is 24.9 Å². The first-order chi connectivity index (χ1) is 8.55. The number of rotatable bonds is 3. The molecule has 1 aromatic carbocycles. The van der Waals surface area contributed by atoms with Gasteiger partial charge in [-0.3, -0.25) is 4.79 Å². The molecule has 0 fully saturated rings. The molecule has 3 nitrogen and oxygen atoms in total. The summed E-state index contributed by atoms with van der Waals surface area (Å²) in [6.45, 7) is 6.51. The molecule has 0 aliphatic carbocycles. The molecule has 0 spiro atoms. The average molecular weight is 263 g/mol. The van der Waals surface area contributed by atoms with Crippen LogP contribution in [0.5, 0.6) is 0 Å². The topological polar surface area (TPSA) is 38.7 Å². The molecule has 1 aromatic rings. The minimum absolute atomic E-state index is 0.117. The number of ether oxygens (including phenoxy) is 1. The lowest BCUT2D eigenvalue weighted by molar-refractivity contribution is -0.139. The minimum atomic E-state index is -0.183. The molecule has 0 saturated carbocycles. The van der Waals surface area contributed by atoms with E-state index in [0.717, 1.165) is 10.7 Å². The van der Waals surface area contributed by atoms with Crippen LogP contribution in [0.25, 0.3) is 0 Å². The van der Waals surface area contributed by atoms with Crippen molar-refractivity contribution in [3.8, 4) is 0 Å². The summed E-state index contributed by atoms with van der Waals surface area (Å²) >= 11 is 1.47. The molecule has 0 atom stereocenters. The van der Waals surface area contributed by atoms with E-state index in [-0.39, 0.29) is 11.4 Å². The maximum atomic E-state index is 11.4. The first kappa shape index (κ1) is 13.1. The molecule has 0 bridgehead atoms. The minimum Gasteiger partial charge on any atom is -0.465 e. The fraction of sp³-hybridized carbons (Fsp3) is 0.429. The summed E-state index contributed by atoms with van der Waals surface area (Å²) in [5.41, 5.74) is 2.11. The molecule has 1 aliphatic rings. The highest BCUT2D eigenvalue weighted by Crippen LogP contribution is 2.42. The highest BCUT2D eigenvalue weighted by atomic mass is 32.2. The van der Waals surface area contributed by atoms with E-state index in [0.29, 0.717) is 12.4 Å². The van der Waals surface area contributed by atoms with Gasteiger partial charge >= 0.3 is 5.97 Å². The van der Waals surface area contributed by atoms with Crippen LogP contribution in [0.15, 0.2) is 29.3 Å². The molecule has 0 amide bonds. The Morgan fingerprint density at radius 1 is 1.39 bits per heavy atom. The second-order valence-corrected chi connectivity index (χ2v) is 5.62. The van der Waals surface area contributed by atoms with Gasteiger partial charge in [0.1, 0.15) is 0 Å². The van der Waals surface area contributed by atoms with Crippen LogP contribution in [0.4, 0.5) is 5.69 Å². The maximum absolute atomic E-state index is 11.4. The number of nitrogens with zero attached hydrogens (tertiary/aromatic N) is 1. The molecular formula is C14H17NO2S. The molecule has 4 heteroatoms. The Labute approximate surface area is 112 Å². The van der Waals surface area contributed by atoms with Crippen LogP contribution in [0.1, 0.15) is 26.3 Å². The van der Waals surface area contributed by atoms with Crippen molar-refractivity contribution in [2.24, 2.45) is 4.99 Å². The lowest BCUT2D eigenvalue weighted by atomic mass is 9.87. The van der Waals surface area contributed by atoms with Crippen molar-refractivity contribution < 1.29 is 9.53 Å². The number of carbonyl (C=O) groups is 1. The van der Waals surface area contributed by atoms with Gasteiger partial charge in [0.25, 0.3) is 0 Å².